The first-order valence-corrected chi connectivity index (χ1v) is 10.4. The second-order valence-electron chi connectivity index (χ2n) is 7.06. The molecule has 132 valence electrons. The van der Waals surface area contributed by atoms with E-state index in [1.54, 1.807) is 6.08 Å². The Morgan fingerprint density at radius 3 is 2.25 bits per heavy atom. The summed E-state index contributed by atoms with van der Waals surface area (Å²) in [7, 11) is 0. The predicted molar refractivity (Wildman–Crippen MR) is 119 cm³/mol. The molecule has 0 aliphatic heterocycles. The maximum atomic E-state index is 13.3. The molecule has 0 spiro atoms. The Labute approximate surface area is 177 Å². The number of carbonyl (C=O) groups excluding carboxylic acids is 2. The summed E-state index contributed by atoms with van der Waals surface area (Å²) < 4.78 is 1.80. The topological polar surface area (TPSA) is 34.1 Å². The van der Waals surface area contributed by atoms with Crippen LogP contribution in [0.25, 0.3) is 38.7 Å². The summed E-state index contributed by atoms with van der Waals surface area (Å²) in [6, 6.07) is 15.5. The molecule has 2 nitrogen and oxygen atoms in total. The standard InChI is InChI=1S/C24H10Br2O2/c25-16-9-8-14-19-17(27)10-6-11-5-7-15-21(18(11)19)20(22(14)23(16)26)12-3-1-2-4-13(12)24(15)28/h1-10H. The van der Waals surface area contributed by atoms with Crippen LogP contribution in [-0.2, 0) is 0 Å². The third-order valence-corrected chi connectivity index (χ3v) is 7.71. The third kappa shape index (κ3) is 1.87. The van der Waals surface area contributed by atoms with Gasteiger partial charge in [-0.1, -0.05) is 42.5 Å². The van der Waals surface area contributed by atoms with Crippen LogP contribution in [0.1, 0.15) is 31.8 Å². The number of hydrogen-bond donors (Lipinski definition) is 0. The van der Waals surface area contributed by atoms with Gasteiger partial charge in [-0.25, -0.2) is 0 Å². The second kappa shape index (κ2) is 5.49. The van der Waals surface area contributed by atoms with Gasteiger partial charge in [-0.3, -0.25) is 9.59 Å². The molecule has 0 unspecified atom stereocenters. The third-order valence-electron chi connectivity index (χ3n) is 5.70. The Balaban J connectivity index is 2.04. The molecule has 0 bridgehead atoms. The van der Waals surface area contributed by atoms with E-state index in [1.165, 1.54) is 0 Å². The first-order valence-electron chi connectivity index (χ1n) is 8.85. The van der Waals surface area contributed by atoms with Crippen molar-refractivity contribution < 1.29 is 9.59 Å². The first-order chi connectivity index (χ1) is 13.6. The molecule has 0 N–H and O–H groups in total. The molecule has 2 aliphatic rings. The van der Waals surface area contributed by atoms with E-state index in [0.717, 1.165) is 47.2 Å². The summed E-state index contributed by atoms with van der Waals surface area (Å²) in [5.74, 6) is -0.0187. The highest BCUT2D eigenvalue weighted by Gasteiger charge is 2.32. The summed E-state index contributed by atoms with van der Waals surface area (Å²) in [5.41, 5.74) is 4.93. The molecule has 6 rings (SSSR count). The minimum Gasteiger partial charge on any atom is -0.289 e. The van der Waals surface area contributed by atoms with Crippen LogP contribution < -0.4 is 0 Å². The van der Waals surface area contributed by atoms with E-state index in [0.29, 0.717) is 16.7 Å². The van der Waals surface area contributed by atoms with Crippen molar-refractivity contribution in [1.29, 1.82) is 0 Å². The van der Waals surface area contributed by atoms with Crippen molar-refractivity contribution in [3.63, 3.8) is 0 Å². The summed E-state index contributed by atoms with van der Waals surface area (Å²) in [6.45, 7) is 0. The lowest BCUT2D eigenvalue weighted by Gasteiger charge is -2.26. The number of allylic oxidation sites excluding steroid dienone is 1. The summed E-state index contributed by atoms with van der Waals surface area (Å²) in [5, 5.41) is 3.61. The fraction of sp³-hybridized carbons (Fsp3) is 0. The van der Waals surface area contributed by atoms with Crippen molar-refractivity contribution in [2.75, 3.05) is 0 Å². The van der Waals surface area contributed by atoms with Crippen LogP contribution in [0, 0.1) is 0 Å². The quantitative estimate of drug-likeness (QED) is 0.221. The molecule has 0 aromatic heterocycles. The number of hydrogen-bond acceptors (Lipinski definition) is 2. The lowest BCUT2D eigenvalue weighted by Crippen LogP contribution is -2.14. The predicted octanol–water partition coefficient (Wildman–Crippen LogP) is 6.94. The van der Waals surface area contributed by atoms with E-state index in [-0.39, 0.29) is 11.6 Å². The molecule has 4 aromatic rings. The molecule has 0 saturated heterocycles. The number of ketones is 2. The Hall–Kier alpha value is -2.56. The molecule has 0 heterocycles. The largest absolute Gasteiger partial charge is 0.289 e. The highest BCUT2D eigenvalue weighted by molar-refractivity contribution is 9.13. The van der Waals surface area contributed by atoms with Gasteiger partial charge in [0.2, 0.25) is 0 Å². The van der Waals surface area contributed by atoms with Crippen LogP contribution in [0.4, 0.5) is 0 Å². The Morgan fingerprint density at radius 1 is 0.643 bits per heavy atom. The average Bonchev–Trinajstić information content (AvgIpc) is 2.72. The van der Waals surface area contributed by atoms with Crippen LogP contribution in [0.2, 0.25) is 0 Å². The Morgan fingerprint density at radius 2 is 1.43 bits per heavy atom. The lowest BCUT2D eigenvalue weighted by atomic mass is 9.76. The van der Waals surface area contributed by atoms with Gasteiger partial charge in [-0.15, -0.1) is 0 Å². The van der Waals surface area contributed by atoms with Crippen LogP contribution in [0.15, 0.2) is 63.6 Å². The molecular formula is C24H10Br2O2. The van der Waals surface area contributed by atoms with Gasteiger partial charge in [0.15, 0.2) is 11.6 Å². The highest BCUT2D eigenvalue weighted by atomic mass is 79.9. The van der Waals surface area contributed by atoms with Crippen molar-refractivity contribution in [3.8, 4) is 11.1 Å². The number of rotatable bonds is 0. The smallest absolute Gasteiger partial charge is 0.194 e. The zero-order valence-corrected chi connectivity index (χ0v) is 17.5. The monoisotopic (exact) mass is 488 g/mol. The van der Waals surface area contributed by atoms with Crippen molar-refractivity contribution in [1.82, 2.24) is 0 Å². The average molecular weight is 490 g/mol. The van der Waals surface area contributed by atoms with E-state index in [2.05, 4.69) is 31.9 Å². The Bertz CT molecular complexity index is 1460. The lowest BCUT2D eigenvalue weighted by molar-refractivity contribution is 0.103. The van der Waals surface area contributed by atoms with E-state index in [9.17, 15) is 9.59 Å². The normalized spacial score (nSPS) is 14.1. The van der Waals surface area contributed by atoms with Gasteiger partial charge in [0.1, 0.15) is 0 Å². The van der Waals surface area contributed by atoms with Gasteiger partial charge < -0.3 is 0 Å². The van der Waals surface area contributed by atoms with Crippen LogP contribution >= 0.6 is 31.9 Å². The molecule has 0 atom stereocenters. The fourth-order valence-electron chi connectivity index (χ4n) is 4.56. The number of fused-ring (bicyclic) bond motifs is 5. The Kier molecular flexibility index (Phi) is 3.22. The zero-order chi connectivity index (χ0) is 19.2. The molecule has 4 aromatic carbocycles. The SMILES string of the molecule is O=C1c2ccccc2-c2c3c(Br)c(Br)ccc3c3c4c(ccc1c24)C=CC3=O. The fourth-order valence-corrected chi connectivity index (χ4v) is 5.43. The molecular weight excluding hydrogens is 480 g/mol. The maximum Gasteiger partial charge on any atom is 0.194 e. The molecule has 0 radical (unpaired) electrons. The molecule has 0 saturated carbocycles. The van der Waals surface area contributed by atoms with E-state index < -0.39 is 0 Å². The molecule has 4 heteroatoms. The minimum absolute atomic E-state index is 0.00747. The molecule has 0 fully saturated rings. The maximum absolute atomic E-state index is 13.3. The summed E-state index contributed by atoms with van der Waals surface area (Å²) in [6.07, 6.45) is 3.47. The van der Waals surface area contributed by atoms with Gasteiger partial charge in [0.05, 0.1) is 0 Å². The second-order valence-corrected chi connectivity index (χ2v) is 8.71. The van der Waals surface area contributed by atoms with E-state index in [4.69, 9.17) is 0 Å². The van der Waals surface area contributed by atoms with Gasteiger partial charge >= 0.3 is 0 Å². The zero-order valence-electron chi connectivity index (χ0n) is 14.3. The van der Waals surface area contributed by atoms with Gasteiger partial charge in [-0.05, 0) is 66.6 Å². The molecule has 28 heavy (non-hydrogen) atoms. The van der Waals surface area contributed by atoms with Crippen molar-refractivity contribution in [3.05, 3.63) is 85.8 Å². The van der Waals surface area contributed by atoms with E-state index >= 15 is 0 Å². The highest BCUT2D eigenvalue weighted by Crippen LogP contribution is 2.50. The van der Waals surface area contributed by atoms with E-state index in [1.807, 2.05) is 54.6 Å². The number of halogens is 2. The number of carbonyl (C=O) groups is 2. The minimum atomic E-state index is -0.0262. The van der Waals surface area contributed by atoms with Crippen molar-refractivity contribution in [2.24, 2.45) is 0 Å². The van der Waals surface area contributed by atoms with Crippen molar-refractivity contribution in [2.45, 2.75) is 0 Å². The van der Waals surface area contributed by atoms with Crippen LogP contribution in [0.3, 0.4) is 0 Å². The number of benzene rings is 4. The van der Waals surface area contributed by atoms with Crippen LogP contribution in [0.5, 0.6) is 0 Å². The molecule has 0 amide bonds. The first kappa shape index (κ1) is 16.4. The van der Waals surface area contributed by atoms with Gasteiger partial charge in [0, 0.05) is 47.4 Å². The van der Waals surface area contributed by atoms with Crippen molar-refractivity contribution >= 4 is 71.0 Å². The summed E-state index contributed by atoms with van der Waals surface area (Å²) in [4.78, 5) is 26.2. The van der Waals surface area contributed by atoms with Gasteiger partial charge in [-0.2, -0.15) is 0 Å². The molecule has 2 aliphatic carbocycles. The van der Waals surface area contributed by atoms with Crippen LogP contribution in [-0.4, -0.2) is 11.6 Å². The summed E-state index contributed by atoms with van der Waals surface area (Å²) >= 11 is 7.34. The van der Waals surface area contributed by atoms with Gasteiger partial charge in [0.25, 0.3) is 0 Å².